The number of imide groups is 1. The molecule has 0 saturated carbocycles. The zero-order valence-electron chi connectivity index (χ0n) is 16.8. The first-order valence-corrected chi connectivity index (χ1v) is 10.6. The van der Waals surface area contributed by atoms with Crippen LogP contribution in [0.15, 0.2) is 59.5 Å². The Morgan fingerprint density at radius 2 is 1.83 bits per heavy atom. The van der Waals surface area contributed by atoms with Gasteiger partial charge >= 0.3 is 0 Å². The molecule has 2 aromatic carbocycles. The molecule has 7 heteroatoms. The summed E-state index contributed by atoms with van der Waals surface area (Å²) in [5.41, 5.74) is 1.92. The number of carbonyl (C=O) groups is 3. The van der Waals surface area contributed by atoms with Gasteiger partial charge < -0.3 is 10.1 Å². The van der Waals surface area contributed by atoms with E-state index in [1.807, 2.05) is 61.5 Å². The maximum atomic E-state index is 12.5. The van der Waals surface area contributed by atoms with E-state index in [9.17, 15) is 14.4 Å². The van der Waals surface area contributed by atoms with E-state index in [0.29, 0.717) is 24.4 Å². The van der Waals surface area contributed by atoms with Gasteiger partial charge in [-0.15, -0.1) is 0 Å². The minimum Gasteiger partial charge on any atom is -0.493 e. The third kappa shape index (κ3) is 5.97. The maximum Gasteiger partial charge on any atom is 0.293 e. The number of hydrogen-bond donors (Lipinski definition) is 1. The van der Waals surface area contributed by atoms with Crippen molar-refractivity contribution in [1.29, 1.82) is 0 Å². The summed E-state index contributed by atoms with van der Waals surface area (Å²) < 4.78 is 5.68. The van der Waals surface area contributed by atoms with Gasteiger partial charge in [-0.1, -0.05) is 48.5 Å². The summed E-state index contributed by atoms with van der Waals surface area (Å²) in [6.45, 7) is 2.81. The van der Waals surface area contributed by atoms with Crippen molar-refractivity contribution >= 4 is 34.9 Å². The highest BCUT2D eigenvalue weighted by Crippen LogP contribution is 2.31. The minimum absolute atomic E-state index is 0.129. The van der Waals surface area contributed by atoms with E-state index < -0.39 is 0 Å². The van der Waals surface area contributed by atoms with Gasteiger partial charge in [-0.25, -0.2) is 0 Å². The van der Waals surface area contributed by atoms with Crippen molar-refractivity contribution in [2.75, 3.05) is 19.7 Å². The normalized spacial score (nSPS) is 15.0. The number of nitrogens with zero attached hydrogens (tertiary/aromatic N) is 1. The molecule has 30 heavy (non-hydrogen) atoms. The van der Waals surface area contributed by atoms with E-state index in [4.69, 9.17) is 4.74 Å². The zero-order valence-corrected chi connectivity index (χ0v) is 17.6. The van der Waals surface area contributed by atoms with Crippen molar-refractivity contribution in [3.8, 4) is 5.75 Å². The first-order chi connectivity index (χ1) is 14.5. The molecule has 0 aromatic heterocycles. The van der Waals surface area contributed by atoms with E-state index in [1.165, 1.54) is 4.90 Å². The molecule has 0 spiro atoms. The Bertz CT molecular complexity index is 943. The molecule has 6 nitrogen and oxygen atoms in total. The van der Waals surface area contributed by atoms with E-state index >= 15 is 0 Å². The molecule has 0 radical (unpaired) electrons. The lowest BCUT2D eigenvalue weighted by molar-refractivity contribution is -0.124. The number of benzene rings is 2. The van der Waals surface area contributed by atoms with Crippen LogP contribution in [0, 0.1) is 6.92 Å². The van der Waals surface area contributed by atoms with Crippen LogP contribution in [0.2, 0.25) is 0 Å². The van der Waals surface area contributed by atoms with Crippen LogP contribution >= 0.6 is 11.8 Å². The van der Waals surface area contributed by atoms with Gasteiger partial charge in [-0.05, 0) is 48.4 Å². The molecule has 3 rings (SSSR count). The van der Waals surface area contributed by atoms with Gasteiger partial charge in [0, 0.05) is 19.5 Å². The molecular weight excluding hydrogens is 400 g/mol. The van der Waals surface area contributed by atoms with E-state index in [2.05, 4.69) is 5.32 Å². The lowest BCUT2D eigenvalue weighted by atomic mass is 10.2. The highest BCUT2D eigenvalue weighted by atomic mass is 32.2. The second-order valence-corrected chi connectivity index (χ2v) is 7.80. The Morgan fingerprint density at radius 1 is 1.10 bits per heavy atom. The number of ether oxygens (including phenoxy) is 1. The molecule has 1 fully saturated rings. The standard InChI is InChI=1S/C23H24N2O4S/c1-17-8-5-6-11-19(17)29-15-7-12-21(26)24-13-14-25-22(27)20(30-23(25)28)16-18-9-3-2-4-10-18/h2-6,8-11,16H,7,12-15H2,1H3,(H,24,26)/b20-16-. The van der Waals surface area contributed by atoms with Gasteiger partial charge in [-0.2, -0.15) is 0 Å². The minimum atomic E-state index is -0.324. The van der Waals surface area contributed by atoms with Crippen LogP contribution in [0.4, 0.5) is 4.79 Å². The van der Waals surface area contributed by atoms with Crippen LogP contribution < -0.4 is 10.1 Å². The maximum absolute atomic E-state index is 12.5. The molecule has 0 bridgehead atoms. The van der Waals surface area contributed by atoms with Crippen LogP contribution in [-0.4, -0.2) is 41.6 Å². The summed E-state index contributed by atoms with van der Waals surface area (Å²) in [5.74, 6) is 0.366. The second kappa shape index (κ2) is 10.6. The molecule has 1 aliphatic heterocycles. The van der Waals surface area contributed by atoms with Crippen LogP contribution in [0.25, 0.3) is 6.08 Å². The largest absolute Gasteiger partial charge is 0.493 e. The molecule has 0 unspecified atom stereocenters. The summed E-state index contributed by atoms with van der Waals surface area (Å²) in [6.07, 6.45) is 2.61. The van der Waals surface area contributed by atoms with Crippen molar-refractivity contribution in [2.45, 2.75) is 19.8 Å². The number of nitrogens with one attached hydrogen (secondary N) is 1. The molecule has 1 N–H and O–H groups in total. The van der Waals surface area contributed by atoms with E-state index in [0.717, 1.165) is 28.6 Å². The molecule has 156 valence electrons. The fraction of sp³-hybridized carbons (Fsp3) is 0.261. The number of amides is 3. The van der Waals surface area contributed by atoms with Gasteiger partial charge in [-0.3, -0.25) is 19.3 Å². The quantitative estimate of drug-likeness (QED) is 0.486. The molecule has 2 aromatic rings. The predicted octanol–water partition coefficient (Wildman–Crippen LogP) is 4.01. The fourth-order valence-corrected chi connectivity index (χ4v) is 3.79. The molecule has 1 aliphatic rings. The molecular formula is C23H24N2O4S. The molecule has 1 heterocycles. The van der Waals surface area contributed by atoms with Crippen LogP contribution in [-0.2, 0) is 9.59 Å². The van der Waals surface area contributed by atoms with Crippen molar-refractivity contribution in [3.63, 3.8) is 0 Å². The number of hydrogen-bond acceptors (Lipinski definition) is 5. The smallest absolute Gasteiger partial charge is 0.293 e. The summed E-state index contributed by atoms with van der Waals surface area (Å²) in [5, 5.41) is 2.44. The highest BCUT2D eigenvalue weighted by molar-refractivity contribution is 8.18. The van der Waals surface area contributed by atoms with Crippen molar-refractivity contribution < 1.29 is 19.1 Å². The molecule has 3 amide bonds. The summed E-state index contributed by atoms with van der Waals surface area (Å²) in [4.78, 5) is 38.1. The van der Waals surface area contributed by atoms with Crippen molar-refractivity contribution in [1.82, 2.24) is 10.2 Å². The summed E-state index contributed by atoms with van der Waals surface area (Å²) in [6, 6.07) is 17.1. The molecule has 0 aliphatic carbocycles. The average Bonchev–Trinajstić information content (AvgIpc) is 3.00. The third-order valence-corrected chi connectivity index (χ3v) is 5.44. The predicted molar refractivity (Wildman–Crippen MR) is 118 cm³/mol. The lowest BCUT2D eigenvalue weighted by Gasteiger charge is -2.13. The Labute approximate surface area is 180 Å². The van der Waals surface area contributed by atoms with Gasteiger partial charge in [0.2, 0.25) is 5.91 Å². The van der Waals surface area contributed by atoms with Gasteiger partial charge in [0.1, 0.15) is 5.75 Å². The van der Waals surface area contributed by atoms with Gasteiger partial charge in [0.05, 0.1) is 11.5 Å². The Kier molecular flexibility index (Phi) is 7.68. The molecule has 0 atom stereocenters. The monoisotopic (exact) mass is 424 g/mol. The summed E-state index contributed by atoms with van der Waals surface area (Å²) in [7, 11) is 0. The zero-order chi connectivity index (χ0) is 21.3. The SMILES string of the molecule is Cc1ccccc1OCCCC(=O)NCCN1C(=O)S/C(=C\c2ccccc2)C1=O. The summed E-state index contributed by atoms with van der Waals surface area (Å²) >= 11 is 0.921. The van der Waals surface area contributed by atoms with E-state index in [1.54, 1.807) is 6.08 Å². The number of carbonyl (C=O) groups excluding carboxylic acids is 3. The number of rotatable bonds is 9. The average molecular weight is 425 g/mol. The van der Waals surface area contributed by atoms with E-state index in [-0.39, 0.29) is 30.1 Å². The van der Waals surface area contributed by atoms with Crippen LogP contribution in [0.1, 0.15) is 24.0 Å². The van der Waals surface area contributed by atoms with Crippen LogP contribution in [0.3, 0.4) is 0 Å². The van der Waals surface area contributed by atoms with Crippen molar-refractivity contribution in [2.24, 2.45) is 0 Å². The first kappa shape index (κ1) is 21.6. The van der Waals surface area contributed by atoms with Gasteiger partial charge in [0.15, 0.2) is 0 Å². The Morgan fingerprint density at radius 3 is 2.60 bits per heavy atom. The second-order valence-electron chi connectivity index (χ2n) is 6.81. The topological polar surface area (TPSA) is 75.7 Å². The number of aryl methyl sites for hydroxylation is 1. The fourth-order valence-electron chi connectivity index (χ4n) is 2.92. The Balaban J connectivity index is 1.38. The van der Waals surface area contributed by atoms with Crippen LogP contribution in [0.5, 0.6) is 5.75 Å². The highest BCUT2D eigenvalue weighted by Gasteiger charge is 2.34. The number of thioether (sulfide) groups is 1. The molecule has 1 saturated heterocycles. The first-order valence-electron chi connectivity index (χ1n) is 9.80. The lowest BCUT2D eigenvalue weighted by Crippen LogP contribution is -2.37. The van der Waals surface area contributed by atoms with Crippen molar-refractivity contribution in [3.05, 3.63) is 70.6 Å². The third-order valence-electron chi connectivity index (χ3n) is 4.53. The number of para-hydroxylation sites is 1. The Hall–Kier alpha value is -3.06. The van der Waals surface area contributed by atoms with Gasteiger partial charge in [0.25, 0.3) is 11.1 Å².